The van der Waals surface area contributed by atoms with Crippen molar-refractivity contribution in [2.45, 2.75) is 24.5 Å². The Morgan fingerprint density at radius 3 is 2.17 bits per heavy atom. The second kappa shape index (κ2) is 3.79. The SMILES string of the molecule is CC(C)CC(S)(S)n1cccc1. The van der Waals surface area contributed by atoms with Gasteiger partial charge in [-0.1, -0.05) is 13.8 Å². The number of hydrogen-bond donors (Lipinski definition) is 2. The van der Waals surface area contributed by atoms with Crippen LogP contribution in [0.25, 0.3) is 0 Å². The predicted octanol–water partition coefficient (Wildman–Crippen LogP) is 3.00. The maximum Gasteiger partial charge on any atom is 0.131 e. The quantitative estimate of drug-likeness (QED) is 0.547. The molecule has 68 valence electrons. The molecular weight excluding hydrogens is 186 g/mol. The van der Waals surface area contributed by atoms with E-state index in [4.69, 9.17) is 0 Å². The molecule has 0 N–H and O–H groups in total. The van der Waals surface area contributed by atoms with Crippen LogP contribution in [0.3, 0.4) is 0 Å². The Morgan fingerprint density at radius 2 is 1.75 bits per heavy atom. The van der Waals surface area contributed by atoms with Crippen LogP contribution in [0.5, 0.6) is 0 Å². The second-order valence-corrected chi connectivity index (χ2v) is 5.30. The van der Waals surface area contributed by atoms with Gasteiger partial charge in [-0.25, -0.2) is 0 Å². The fourth-order valence-corrected chi connectivity index (χ4v) is 2.22. The van der Waals surface area contributed by atoms with E-state index >= 15 is 0 Å². The van der Waals surface area contributed by atoms with Gasteiger partial charge in [-0.05, 0) is 24.5 Å². The van der Waals surface area contributed by atoms with Gasteiger partial charge < -0.3 is 4.57 Å². The van der Waals surface area contributed by atoms with Crippen LogP contribution in [-0.2, 0) is 4.20 Å². The van der Waals surface area contributed by atoms with E-state index in [1.807, 2.05) is 29.1 Å². The highest BCUT2D eigenvalue weighted by atomic mass is 32.2. The Kier molecular flexibility index (Phi) is 3.18. The standard InChI is InChI=1S/C9H15NS2/c1-8(2)7-9(11,12)10-5-3-4-6-10/h3-6,8,11-12H,7H2,1-2H3. The number of rotatable bonds is 3. The highest BCUT2D eigenvalue weighted by Crippen LogP contribution is 2.33. The Hall–Kier alpha value is -0.0200. The summed E-state index contributed by atoms with van der Waals surface area (Å²) in [5, 5.41) is 0. The van der Waals surface area contributed by atoms with Gasteiger partial charge in [-0.15, -0.1) is 25.3 Å². The molecule has 0 bridgehead atoms. The molecule has 3 heteroatoms. The van der Waals surface area contributed by atoms with E-state index in [1.54, 1.807) is 0 Å². The summed E-state index contributed by atoms with van der Waals surface area (Å²) in [6.07, 6.45) is 4.93. The lowest BCUT2D eigenvalue weighted by molar-refractivity contribution is 0.478. The molecule has 0 unspecified atom stereocenters. The van der Waals surface area contributed by atoms with Crippen LogP contribution in [0, 0.1) is 5.92 Å². The summed E-state index contributed by atoms with van der Waals surface area (Å²) >= 11 is 9.02. The number of thiol groups is 2. The van der Waals surface area contributed by atoms with Gasteiger partial charge >= 0.3 is 0 Å². The average Bonchev–Trinajstić information content (AvgIpc) is 2.32. The topological polar surface area (TPSA) is 4.93 Å². The first-order chi connectivity index (χ1) is 5.52. The van der Waals surface area contributed by atoms with E-state index in [0.29, 0.717) is 5.92 Å². The summed E-state index contributed by atoms with van der Waals surface area (Å²) in [4.78, 5) is 0. The normalized spacial score (nSPS) is 12.4. The molecule has 1 rings (SSSR count). The minimum absolute atomic E-state index is 0.350. The van der Waals surface area contributed by atoms with Gasteiger partial charge in [0.05, 0.1) is 0 Å². The first-order valence-corrected chi connectivity index (χ1v) is 5.00. The summed E-state index contributed by atoms with van der Waals surface area (Å²) < 4.78 is 1.66. The van der Waals surface area contributed by atoms with E-state index in [2.05, 4.69) is 39.1 Å². The second-order valence-electron chi connectivity index (χ2n) is 3.46. The zero-order valence-corrected chi connectivity index (χ0v) is 9.22. The van der Waals surface area contributed by atoms with Crippen molar-refractivity contribution >= 4 is 25.3 Å². The Balaban J connectivity index is 2.72. The van der Waals surface area contributed by atoms with Crippen molar-refractivity contribution in [3.63, 3.8) is 0 Å². The molecule has 0 fully saturated rings. The summed E-state index contributed by atoms with van der Waals surface area (Å²) in [6.45, 7) is 4.34. The van der Waals surface area contributed by atoms with Crippen LogP contribution in [0.1, 0.15) is 20.3 Å². The molecular formula is C9H15NS2. The van der Waals surface area contributed by atoms with Gasteiger partial charge in [-0.2, -0.15) is 0 Å². The highest BCUT2D eigenvalue weighted by molar-refractivity contribution is 7.99. The third kappa shape index (κ3) is 2.49. The maximum absolute atomic E-state index is 4.51. The Morgan fingerprint density at radius 1 is 1.25 bits per heavy atom. The average molecular weight is 201 g/mol. The molecule has 1 nitrogen and oxygen atoms in total. The first-order valence-electron chi connectivity index (χ1n) is 4.10. The molecule has 1 heterocycles. The van der Waals surface area contributed by atoms with Crippen molar-refractivity contribution in [1.82, 2.24) is 4.57 Å². The molecule has 0 atom stereocenters. The lowest BCUT2D eigenvalue weighted by atomic mass is 10.1. The molecule has 0 spiro atoms. The lowest BCUT2D eigenvalue weighted by Gasteiger charge is -2.26. The third-order valence-electron chi connectivity index (χ3n) is 1.70. The van der Waals surface area contributed by atoms with Crippen LogP contribution < -0.4 is 0 Å². The Labute approximate surface area is 85.0 Å². The largest absolute Gasteiger partial charge is 0.331 e. The van der Waals surface area contributed by atoms with Crippen LogP contribution in [0.4, 0.5) is 0 Å². The van der Waals surface area contributed by atoms with Crippen LogP contribution in [0.2, 0.25) is 0 Å². The molecule has 0 radical (unpaired) electrons. The van der Waals surface area contributed by atoms with E-state index in [-0.39, 0.29) is 4.20 Å². The number of aromatic nitrogens is 1. The highest BCUT2D eigenvalue weighted by Gasteiger charge is 2.22. The molecule has 1 aromatic rings. The van der Waals surface area contributed by atoms with Gasteiger partial charge in [0.1, 0.15) is 4.20 Å². The predicted molar refractivity (Wildman–Crippen MR) is 59.8 cm³/mol. The van der Waals surface area contributed by atoms with E-state index < -0.39 is 0 Å². The van der Waals surface area contributed by atoms with Crippen LogP contribution in [-0.4, -0.2) is 4.57 Å². The molecule has 0 aliphatic carbocycles. The molecule has 0 amide bonds. The van der Waals surface area contributed by atoms with Crippen molar-refractivity contribution < 1.29 is 0 Å². The van der Waals surface area contributed by atoms with Crippen LogP contribution in [0.15, 0.2) is 24.5 Å². The van der Waals surface area contributed by atoms with Crippen LogP contribution >= 0.6 is 25.3 Å². The summed E-state index contributed by atoms with van der Waals surface area (Å²) in [7, 11) is 0. The summed E-state index contributed by atoms with van der Waals surface area (Å²) in [5.74, 6) is 0.599. The fourth-order valence-electron chi connectivity index (χ4n) is 1.23. The number of nitrogens with zero attached hydrogens (tertiary/aromatic N) is 1. The summed E-state index contributed by atoms with van der Waals surface area (Å²) in [5.41, 5.74) is 0. The zero-order valence-electron chi connectivity index (χ0n) is 7.44. The van der Waals surface area contributed by atoms with Crippen molar-refractivity contribution in [2.24, 2.45) is 5.92 Å². The molecule has 0 saturated heterocycles. The minimum Gasteiger partial charge on any atom is -0.331 e. The number of hydrogen-bond acceptors (Lipinski definition) is 2. The van der Waals surface area contributed by atoms with Gasteiger partial charge in [0, 0.05) is 12.4 Å². The van der Waals surface area contributed by atoms with E-state index in [1.165, 1.54) is 0 Å². The molecule has 0 aliphatic rings. The fraction of sp³-hybridized carbons (Fsp3) is 0.556. The zero-order chi connectivity index (χ0) is 9.19. The van der Waals surface area contributed by atoms with Gasteiger partial charge in [0.2, 0.25) is 0 Å². The van der Waals surface area contributed by atoms with Crippen molar-refractivity contribution in [3.8, 4) is 0 Å². The molecule has 0 aromatic carbocycles. The molecule has 0 aliphatic heterocycles. The van der Waals surface area contributed by atoms with Crippen molar-refractivity contribution in [2.75, 3.05) is 0 Å². The monoisotopic (exact) mass is 201 g/mol. The third-order valence-corrected chi connectivity index (χ3v) is 2.53. The van der Waals surface area contributed by atoms with Gasteiger partial charge in [-0.3, -0.25) is 0 Å². The smallest absolute Gasteiger partial charge is 0.131 e. The molecule has 12 heavy (non-hydrogen) atoms. The van der Waals surface area contributed by atoms with Crippen molar-refractivity contribution in [1.29, 1.82) is 0 Å². The Bertz CT molecular complexity index is 227. The molecule has 1 aromatic heterocycles. The maximum atomic E-state index is 4.51. The first kappa shape index (κ1) is 10.1. The van der Waals surface area contributed by atoms with E-state index in [0.717, 1.165) is 6.42 Å². The van der Waals surface area contributed by atoms with Crippen molar-refractivity contribution in [3.05, 3.63) is 24.5 Å². The lowest BCUT2D eigenvalue weighted by Crippen LogP contribution is -2.21. The summed E-state index contributed by atoms with van der Waals surface area (Å²) in [6, 6.07) is 3.98. The van der Waals surface area contributed by atoms with Gasteiger partial charge in [0.25, 0.3) is 0 Å². The molecule has 0 saturated carbocycles. The minimum atomic E-state index is -0.350. The van der Waals surface area contributed by atoms with Gasteiger partial charge in [0.15, 0.2) is 0 Å². The van der Waals surface area contributed by atoms with E-state index in [9.17, 15) is 0 Å².